The Labute approximate surface area is 224 Å². The molecule has 9 nitrogen and oxygen atoms in total. The summed E-state index contributed by atoms with van der Waals surface area (Å²) in [5.41, 5.74) is 1.29. The second kappa shape index (κ2) is 12.8. The van der Waals surface area contributed by atoms with Gasteiger partial charge >= 0.3 is 0 Å². The summed E-state index contributed by atoms with van der Waals surface area (Å²) in [6, 6.07) is 2.47. The highest BCUT2D eigenvalue weighted by Gasteiger charge is 2.51. The molecule has 1 aromatic carbocycles. The van der Waals surface area contributed by atoms with E-state index in [1.165, 1.54) is 13.5 Å². The van der Waals surface area contributed by atoms with Gasteiger partial charge in [0, 0.05) is 36.2 Å². The molecule has 2 amide bonds. The first-order chi connectivity index (χ1) is 18.4. The standard InChI is InChI=1S/C29H40N2O7/c1-3-4-10-24(34)31(16-18-8-6-5-7-9-18)22-15-21(29(36)30-11-12-32)25-20-13-19(17-33)14-23(37-2)27(20)38-28(25)26(22)35/h13-15,17-18,22,25-26,28,32,35H,3-12,16H2,1-2H3,(H,30,36). The number of amides is 2. The van der Waals surface area contributed by atoms with E-state index in [2.05, 4.69) is 5.32 Å². The van der Waals surface area contributed by atoms with Crippen LogP contribution in [-0.4, -0.2) is 78.3 Å². The fourth-order valence-electron chi connectivity index (χ4n) is 6.07. The van der Waals surface area contributed by atoms with Gasteiger partial charge in [-0.15, -0.1) is 0 Å². The number of rotatable bonds is 11. The molecule has 0 radical (unpaired) electrons. The van der Waals surface area contributed by atoms with Gasteiger partial charge in [-0.3, -0.25) is 14.4 Å². The summed E-state index contributed by atoms with van der Waals surface area (Å²) in [4.78, 5) is 40.3. The highest BCUT2D eigenvalue weighted by atomic mass is 16.5. The molecule has 3 N–H and O–H groups in total. The van der Waals surface area contributed by atoms with E-state index in [1.807, 2.05) is 6.92 Å². The maximum Gasteiger partial charge on any atom is 0.247 e. The van der Waals surface area contributed by atoms with E-state index in [1.54, 1.807) is 23.1 Å². The number of hydrogen-bond donors (Lipinski definition) is 3. The molecule has 2 aliphatic carbocycles. The predicted molar refractivity (Wildman–Crippen MR) is 141 cm³/mol. The van der Waals surface area contributed by atoms with Crippen molar-refractivity contribution in [2.24, 2.45) is 5.92 Å². The summed E-state index contributed by atoms with van der Waals surface area (Å²) in [6.07, 6.45) is 7.97. The van der Waals surface area contributed by atoms with Crippen LogP contribution in [0.15, 0.2) is 23.8 Å². The number of unbranched alkanes of at least 4 members (excludes halogenated alkanes) is 1. The molecule has 0 spiro atoms. The van der Waals surface area contributed by atoms with Crippen molar-refractivity contribution in [3.05, 3.63) is 34.9 Å². The number of aldehydes is 1. The van der Waals surface area contributed by atoms with Gasteiger partial charge in [-0.1, -0.05) is 32.6 Å². The lowest BCUT2D eigenvalue weighted by molar-refractivity contribution is -0.138. The van der Waals surface area contributed by atoms with Crippen molar-refractivity contribution in [3.8, 4) is 11.5 Å². The van der Waals surface area contributed by atoms with Gasteiger partial charge in [0.05, 0.1) is 25.7 Å². The van der Waals surface area contributed by atoms with Gasteiger partial charge < -0.3 is 29.9 Å². The number of methoxy groups -OCH3 is 1. The van der Waals surface area contributed by atoms with E-state index in [4.69, 9.17) is 9.47 Å². The number of benzene rings is 1. The van der Waals surface area contributed by atoms with Gasteiger partial charge in [0.1, 0.15) is 18.5 Å². The lowest BCUT2D eigenvalue weighted by atomic mass is 9.76. The van der Waals surface area contributed by atoms with Crippen LogP contribution in [-0.2, 0) is 9.59 Å². The molecule has 4 rings (SSSR count). The van der Waals surface area contributed by atoms with Crippen molar-refractivity contribution < 1.29 is 34.1 Å². The highest BCUT2D eigenvalue weighted by molar-refractivity contribution is 5.96. The minimum atomic E-state index is -1.10. The molecule has 1 saturated carbocycles. The lowest BCUT2D eigenvalue weighted by Crippen LogP contribution is -2.56. The van der Waals surface area contributed by atoms with Crippen molar-refractivity contribution in [1.82, 2.24) is 10.2 Å². The Hall–Kier alpha value is -2.91. The third-order valence-electron chi connectivity index (χ3n) is 8.01. The van der Waals surface area contributed by atoms with Crippen LogP contribution in [0.1, 0.15) is 80.1 Å². The van der Waals surface area contributed by atoms with Crippen LogP contribution in [0.2, 0.25) is 0 Å². The van der Waals surface area contributed by atoms with Gasteiger partial charge in [-0.05, 0) is 43.4 Å². The van der Waals surface area contributed by atoms with Crippen LogP contribution in [0.5, 0.6) is 11.5 Å². The molecule has 1 heterocycles. The maximum atomic E-state index is 13.5. The van der Waals surface area contributed by atoms with E-state index >= 15 is 0 Å². The molecule has 4 atom stereocenters. The Morgan fingerprint density at radius 3 is 2.66 bits per heavy atom. The van der Waals surface area contributed by atoms with Gasteiger partial charge in [0.15, 0.2) is 11.5 Å². The van der Waals surface area contributed by atoms with Crippen molar-refractivity contribution in [2.75, 3.05) is 26.8 Å². The first-order valence-electron chi connectivity index (χ1n) is 13.9. The number of carbonyl (C=O) groups excluding carboxylic acids is 3. The van der Waals surface area contributed by atoms with Crippen molar-refractivity contribution in [3.63, 3.8) is 0 Å². The average Bonchev–Trinajstić information content (AvgIpc) is 3.34. The highest BCUT2D eigenvalue weighted by Crippen LogP contribution is 2.51. The normalized spacial score (nSPS) is 24.5. The van der Waals surface area contributed by atoms with E-state index in [9.17, 15) is 24.6 Å². The smallest absolute Gasteiger partial charge is 0.247 e. The third-order valence-corrected chi connectivity index (χ3v) is 8.01. The summed E-state index contributed by atoms with van der Waals surface area (Å²) >= 11 is 0. The Morgan fingerprint density at radius 2 is 2.00 bits per heavy atom. The molecule has 38 heavy (non-hydrogen) atoms. The molecular weight excluding hydrogens is 488 g/mol. The van der Waals surface area contributed by atoms with Gasteiger partial charge in [-0.2, -0.15) is 0 Å². The Morgan fingerprint density at radius 1 is 1.24 bits per heavy atom. The molecule has 3 aliphatic rings. The fourth-order valence-corrected chi connectivity index (χ4v) is 6.07. The summed E-state index contributed by atoms with van der Waals surface area (Å²) in [7, 11) is 1.47. The van der Waals surface area contributed by atoms with Gasteiger partial charge in [0.25, 0.3) is 0 Å². The van der Waals surface area contributed by atoms with E-state index in [0.717, 1.165) is 38.5 Å². The molecule has 0 aromatic heterocycles. The molecule has 0 saturated heterocycles. The monoisotopic (exact) mass is 528 g/mol. The first kappa shape index (κ1) is 28.1. The van der Waals surface area contributed by atoms with Crippen LogP contribution in [0.25, 0.3) is 0 Å². The fraction of sp³-hybridized carbons (Fsp3) is 0.621. The van der Waals surface area contributed by atoms with Crippen LogP contribution < -0.4 is 14.8 Å². The van der Waals surface area contributed by atoms with Gasteiger partial charge in [-0.25, -0.2) is 0 Å². The minimum Gasteiger partial charge on any atom is -0.493 e. The number of nitrogens with one attached hydrogen (secondary N) is 1. The topological polar surface area (TPSA) is 125 Å². The van der Waals surface area contributed by atoms with Gasteiger partial charge in [0.2, 0.25) is 11.8 Å². The number of carbonyl (C=O) groups is 3. The maximum absolute atomic E-state index is 13.5. The number of hydrogen-bond acceptors (Lipinski definition) is 7. The molecule has 1 aliphatic heterocycles. The molecule has 4 unspecified atom stereocenters. The molecule has 1 fully saturated rings. The zero-order chi connectivity index (χ0) is 27.2. The van der Waals surface area contributed by atoms with Crippen LogP contribution in [0.4, 0.5) is 0 Å². The third kappa shape index (κ3) is 5.73. The number of fused-ring (bicyclic) bond motifs is 3. The van der Waals surface area contributed by atoms with E-state index in [-0.39, 0.29) is 19.1 Å². The summed E-state index contributed by atoms with van der Waals surface area (Å²) in [5.74, 6) is -0.0397. The second-order valence-corrected chi connectivity index (χ2v) is 10.6. The quantitative estimate of drug-likeness (QED) is 0.377. The minimum absolute atomic E-state index is 0.0392. The number of aliphatic hydroxyl groups is 2. The number of ether oxygens (including phenoxy) is 2. The van der Waals surface area contributed by atoms with Crippen molar-refractivity contribution in [2.45, 2.75) is 82.5 Å². The Kier molecular flexibility index (Phi) is 9.44. The Bertz CT molecular complexity index is 1050. The van der Waals surface area contributed by atoms with Crippen LogP contribution >= 0.6 is 0 Å². The van der Waals surface area contributed by atoms with Crippen molar-refractivity contribution in [1.29, 1.82) is 0 Å². The number of nitrogens with zero attached hydrogens (tertiary/aromatic N) is 1. The molecule has 1 aromatic rings. The first-order valence-corrected chi connectivity index (χ1v) is 13.9. The van der Waals surface area contributed by atoms with Crippen LogP contribution in [0, 0.1) is 5.92 Å². The van der Waals surface area contributed by atoms with Crippen LogP contribution in [0.3, 0.4) is 0 Å². The molecule has 208 valence electrons. The summed E-state index contributed by atoms with van der Waals surface area (Å²) in [6.45, 7) is 2.40. The predicted octanol–water partition coefficient (Wildman–Crippen LogP) is 2.73. The van der Waals surface area contributed by atoms with E-state index < -0.39 is 30.1 Å². The molecular formula is C29H40N2O7. The Balaban J connectivity index is 1.76. The molecule has 9 heteroatoms. The molecule has 0 bridgehead atoms. The SMILES string of the molecule is CCCCC(=O)N(CC1CCCCC1)C1C=C(C(=O)NCCO)C2c3cc(C=O)cc(OC)c3OC2C1O. The summed E-state index contributed by atoms with van der Waals surface area (Å²) in [5, 5.41) is 23.7. The van der Waals surface area contributed by atoms with Crippen molar-refractivity contribution >= 4 is 18.1 Å². The second-order valence-electron chi connectivity index (χ2n) is 10.6. The lowest BCUT2D eigenvalue weighted by Gasteiger charge is -2.42. The zero-order valence-electron chi connectivity index (χ0n) is 22.4. The summed E-state index contributed by atoms with van der Waals surface area (Å²) < 4.78 is 11.7. The zero-order valence-corrected chi connectivity index (χ0v) is 22.4. The number of aliphatic hydroxyl groups excluding tert-OH is 2. The largest absolute Gasteiger partial charge is 0.493 e. The average molecular weight is 529 g/mol. The van der Waals surface area contributed by atoms with E-state index in [0.29, 0.717) is 53.4 Å².